The number of rotatable bonds is 5. The van der Waals surface area contributed by atoms with Gasteiger partial charge >= 0.3 is 0 Å². The van der Waals surface area contributed by atoms with Crippen LogP contribution in [-0.2, 0) is 30.6 Å². The first-order valence-electron chi connectivity index (χ1n) is 8.72. The number of amides is 1. The second kappa shape index (κ2) is 6.55. The first-order chi connectivity index (χ1) is 11.7. The molecule has 2 aliphatic rings. The van der Waals surface area contributed by atoms with Crippen molar-refractivity contribution in [3.63, 3.8) is 0 Å². The van der Waals surface area contributed by atoms with Gasteiger partial charge in [0.25, 0.3) is 5.56 Å². The molecule has 1 fully saturated rings. The van der Waals surface area contributed by atoms with Gasteiger partial charge in [0, 0.05) is 29.2 Å². The van der Waals surface area contributed by atoms with Crippen LogP contribution in [0.1, 0.15) is 35.4 Å². The van der Waals surface area contributed by atoms with Crippen LogP contribution in [0.5, 0.6) is 0 Å². The smallest absolute Gasteiger partial charge is 0.250 e. The number of carbonyl (C=O) groups excluding carboxylic acids is 1. The van der Waals surface area contributed by atoms with Crippen LogP contribution >= 0.6 is 11.3 Å². The molecule has 4 nitrogen and oxygen atoms in total. The number of nitrogens with one attached hydrogen (secondary N) is 1. The molecule has 2 aromatic rings. The second-order valence-corrected chi connectivity index (χ2v) is 7.99. The van der Waals surface area contributed by atoms with E-state index in [-0.39, 0.29) is 17.5 Å². The first kappa shape index (κ1) is 15.6. The highest BCUT2D eigenvalue weighted by molar-refractivity contribution is 7.10. The lowest BCUT2D eigenvalue weighted by atomic mass is 9.91. The Bertz CT molecular complexity index is 790. The van der Waals surface area contributed by atoms with E-state index in [0.717, 1.165) is 30.7 Å². The summed E-state index contributed by atoms with van der Waals surface area (Å²) in [4.78, 5) is 25.5. The summed E-state index contributed by atoms with van der Waals surface area (Å²) in [6.45, 7) is 0.872. The zero-order chi connectivity index (χ0) is 16.5. The van der Waals surface area contributed by atoms with Crippen LogP contribution in [0.4, 0.5) is 0 Å². The molecule has 5 heteroatoms. The fourth-order valence-corrected chi connectivity index (χ4v) is 4.26. The summed E-state index contributed by atoms with van der Waals surface area (Å²) in [5.41, 5.74) is 2.54. The zero-order valence-electron chi connectivity index (χ0n) is 13.7. The van der Waals surface area contributed by atoms with E-state index in [9.17, 15) is 9.59 Å². The Kier molecular flexibility index (Phi) is 4.27. The van der Waals surface area contributed by atoms with Crippen LogP contribution in [0.15, 0.2) is 34.4 Å². The van der Waals surface area contributed by atoms with Crippen molar-refractivity contribution in [2.75, 3.05) is 0 Å². The van der Waals surface area contributed by atoms with Crippen molar-refractivity contribution in [1.82, 2.24) is 9.88 Å². The largest absolute Gasteiger partial charge is 0.353 e. The quantitative estimate of drug-likeness (QED) is 0.908. The first-order valence-corrected chi connectivity index (χ1v) is 9.60. The van der Waals surface area contributed by atoms with Crippen LogP contribution in [0.2, 0.25) is 0 Å². The molecule has 1 saturated carbocycles. The Balaban J connectivity index is 1.44. The fraction of sp³-hybridized carbons (Fsp3) is 0.474. The summed E-state index contributed by atoms with van der Waals surface area (Å²) in [5, 5.41) is 5.16. The van der Waals surface area contributed by atoms with E-state index in [4.69, 9.17) is 0 Å². The van der Waals surface area contributed by atoms with Crippen molar-refractivity contribution in [2.24, 2.45) is 5.92 Å². The summed E-state index contributed by atoms with van der Waals surface area (Å²) < 4.78 is 1.98. The number of nitrogens with zero attached hydrogens (tertiary/aromatic N) is 1. The Morgan fingerprint density at radius 2 is 2.12 bits per heavy atom. The predicted molar refractivity (Wildman–Crippen MR) is 95.4 cm³/mol. The summed E-state index contributed by atoms with van der Waals surface area (Å²) in [7, 11) is 0. The third-order valence-corrected chi connectivity index (χ3v) is 5.88. The van der Waals surface area contributed by atoms with Gasteiger partial charge in [-0.1, -0.05) is 12.1 Å². The lowest BCUT2D eigenvalue weighted by molar-refractivity contribution is -0.121. The van der Waals surface area contributed by atoms with Gasteiger partial charge < -0.3 is 9.88 Å². The van der Waals surface area contributed by atoms with E-state index in [1.54, 1.807) is 17.4 Å². The second-order valence-electron chi connectivity index (χ2n) is 6.96. The van der Waals surface area contributed by atoms with E-state index < -0.39 is 0 Å². The van der Waals surface area contributed by atoms with Crippen molar-refractivity contribution in [3.05, 3.63) is 56.1 Å². The van der Waals surface area contributed by atoms with Crippen molar-refractivity contribution < 1.29 is 4.79 Å². The highest BCUT2D eigenvalue weighted by atomic mass is 32.1. The molecule has 2 heterocycles. The van der Waals surface area contributed by atoms with E-state index >= 15 is 0 Å². The van der Waals surface area contributed by atoms with Gasteiger partial charge in [-0.25, -0.2) is 0 Å². The monoisotopic (exact) mass is 342 g/mol. The molecular weight excluding hydrogens is 320 g/mol. The summed E-state index contributed by atoms with van der Waals surface area (Å²) >= 11 is 1.62. The molecule has 4 rings (SSSR count). The number of carbonyl (C=O) groups is 1. The SMILES string of the molecule is O=C(Cc1cccs1)N[C@H]1CCc2c(ccc(=O)n2CC2CC2)C1. The minimum Gasteiger partial charge on any atom is -0.353 e. The topological polar surface area (TPSA) is 51.1 Å². The normalized spacial score (nSPS) is 19.8. The van der Waals surface area contributed by atoms with Crippen LogP contribution < -0.4 is 10.9 Å². The molecule has 0 saturated heterocycles. The van der Waals surface area contributed by atoms with E-state index in [1.165, 1.54) is 24.1 Å². The average Bonchev–Trinajstić information content (AvgIpc) is 3.24. The van der Waals surface area contributed by atoms with Gasteiger partial charge in [-0.05, 0) is 55.0 Å². The number of pyridine rings is 1. The number of aromatic nitrogens is 1. The molecule has 0 radical (unpaired) electrons. The molecule has 126 valence electrons. The van der Waals surface area contributed by atoms with Crippen LogP contribution in [0, 0.1) is 5.92 Å². The lowest BCUT2D eigenvalue weighted by Crippen LogP contribution is -2.41. The molecule has 1 amide bonds. The number of hydrogen-bond acceptors (Lipinski definition) is 3. The standard InChI is InChI=1S/C19H22N2O2S/c22-18(11-16-2-1-9-24-16)20-15-6-7-17-14(10-15)5-8-19(23)21(17)12-13-3-4-13/h1-2,5,8-9,13,15H,3-4,6-7,10-12H2,(H,20,22)/t15-/m0/s1. The maximum Gasteiger partial charge on any atom is 0.250 e. The van der Waals surface area contributed by atoms with E-state index in [0.29, 0.717) is 12.3 Å². The summed E-state index contributed by atoms with van der Waals surface area (Å²) in [5.74, 6) is 0.787. The van der Waals surface area contributed by atoms with Crippen LogP contribution in [0.25, 0.3) is 0 Å². The van der Waals surface area contributed by atoms with Gasteiger partial charge in [0.05, 0.1) is 6.42 Å². The third kappa shape index (κ3) is 3.46. The molecule has 1 atom stereocenters. The van der Waals surface area contributed by atoms with Gasteiger partial charge in [-0.3, -0.25) is 9.59 Å². The zero-order valence-corrected chi connectivity index (χ0v) is 14.5. The Hall–Kier alpha value is -1.88. The fourth-order valence-electron chi connectivity index (χ4n) is 3.56. The molecule has 0 aromatic carbocycles. The summed E-state index contributed by atoms with van der Waals surface area (Å²) in [6, 6.07) is 7.80. The minimum atomic E-state index is 0.0946. The Labute approximate surface area is 145 Å². The molecule has 24 heavy (non-hydrogen) atoms. The molecule has 2 aromatic heterocycles. The van der Waals surface area contributed by atoms with E-state index in [2.05, 4.69) is 5.32 Å². The average molecular weight is 342 g/mol. The van der Waals surface area contributed by atoms with Gasteiger partial charge in [0.15, 0.2) is 0 Å². The van der Waals surface area contributed by atoms with Crippen molar-refractivity contribution >= 4 is 17.2 Å². The van der Waals surface area contributed by atoms with Gasteiger partial charge in [-0.2, -0.15) is 0 Å². The maximum absolute atomic E-state index is 12.2. The highest BCUT2D eigenvalue weighted by Gasteiger charge is 2.27. The number of hydrogen-bond donors (Lipinski definition) is 1. The van der Waals surface area contributed by atoms with Gasteiger partial charge in [0.2, 0.25) is 5.91 Å². The summed E-state index contributed by atoms with van der Waals surface area (Å²) in [6.07, 6.45) is 5.58. The van der Waals surface area contributed by atoms with Crippen LogP contribution in [0.3, 0.4) is 0 Å². The Morgan fingerprint density at radius 1 is 1.25 bits per heavy atom. The van der Waals surface area contributed by atoms with Crippen LogP contribution in [-0.4, -0.2) is 16.5 Å². The molecule has 0 aliphatic heterocycles. The Morgan fingerprint density at radius 3 is 2.88 bits per heavy atom. The molecule has 2 aliphatic carbocycles. The third-order valence-electron chi connectivity index (χ3n) is 5.00. The van der Waals surface area contributed by atoms with E-state index in [1.807, 2.05) is 28.1 Å². The molecule has 0 bridgehead atoms. The molecule has 1 N–H and O–H groups in total. The van der Waals surface area contributed by atoms with Crippen molar-refractivity contribution in [2.45, 2.75) is 51.1 Å². The van der Waals surface area contributed by atoms with Gasteiger partial charge in [-0.15, -0.1) is 11.3 Å². The molecule has 0 unspecified atom stereocenters. The molecular formula is C19H22N2O2S. The van der Waals surface area contributed by atoms with Gasteiger partial charge in [0.1, 0.15) is 0 Å². The maximum atomic E-state index is 12.2. The predicted octanol–water partition coefficient (Wildman–Crippen LogP) is 2.54. The van der Waals surface area contributed by atoms with Crippen molar-refractivity contribution in [3.8, 4) is 0 Å². The minimum absolute atomic E-state index is 0.0946. The van der Waals surface area contributed by atoms with Crippen molar-refractivity contribution in [1.29, 1.82) is 0 Å². The number of fused-ring (bicyclic) bond motifs is 1. The number of thiophene rings is 1. The molecule has 0 spiro atoms. The lowest BCUT2D eigenvalue weighted by Gasteiger charge is -2.27. The highest BCUT2D eigenvalue weighted by Crippen LogP contribution is 2.31.